The lowest BCUT2D eigenvalue weighted by Gasteiger charge is -2.08. The molecule has 0 saturated carbocycles. The van der Waals surface area contributed by atoms with Crippen LogP contribution < -0.4 is 0 Å². The fourth-order valence-electron chi connectivity index (χ4n) is 1.20. The van der Waals surface area contributed by atoms with Crippen molar-refractivity contribution in [2.45, 2.75) is 11.4 Å². The number of hydrogen-bond donors (Lipinski definition) is 0. The normalized spacial score (nSPS) is 13.8. The van der Waals surface area contributed by atoms with Crippen LogP contribution in [-0.2, 0) is 6.54 Å². The predicted octanol–water partition coefficient (Wildman–Crippen LogP) is 2.23. The van der Waals surface area contributed by atoms with Crippen LogP contribution in [0.15, 0.2) is 28.1 Å². The summed E-state index contributed by atoms with van der Waals surface area (Å²) in [6.07, 6.45) is 0. The van der Waals surface area contributed by atoms with Crippen LogP contribution in [0.5, 0.6) is 0 Å². The lowest BCUT2D eigenvalue weighted by Crippen LogP contribution is -1.97. The highest BCUT2D eigenvalue weighted by Crippen LogP contribution is 2.33. The van der Waals surface area contributed by atoms with Crippen molar-refractivity contribution in [1.82, 2.24) is 0 Å². The van der Waals surface area contributed by atoms with E-state index in [-0.39, 0.29) is 10.6 Å². The summed E-state index contributed by atoms with van der Waals surface area (Å²) >= 11 is 1.31. The molecule has 1 heterocycles. The van der Waals surface area contributed by atoms with Gasteiger partial charge in [0.1, 0.15) is 0 Å². The standard InChI is InChI=1S/C8H6N2O2S/c11-10(12)7-3-1-2-6-4-9-5-13-8(6)7/h1-3,5H,4H2. The fourth-order valence-corrected chi connectivity index (χ4v) is 2.00. The van der Waals surface area contributed by atoms with Gasteiger partial charge in [0.15, 0.2) is 0 Å². The molecule has 4 nitrogen and oxygen atoms in total. The molecule has 1 aromatic rings. The Morgan fingerprint density at radius 3 is 3.15 bits per heavy atom. The Hall–Kier alpha value is -1.36. The molecular weight excluding hydrogens is 188 g/mol. The topological polar surface area (TPSA) is 55.5 Å². The van der Waals surface area contributed by atoms with E-state index in [4.69, 9.17) is 0 Å². The Bertz CT molecular complexity index is 390. The molecule has 1 aliphatic rings. The van der Waals surface area contributed by atoms with Gasteiger partial charge in [0.25, 0.3) is 5.69 Å². The number of benzene rings is 1. The second kappa shape index (κ2) is 3.18. The van der Waals surface area contributed by atoms with E-state index >= 15 is 0 Å². The lowest BCUT2D eigenvalue weighted by atomic mass is 10.2. The third-order valence-electron chi connectivity index (χ3n) is 1.78. The molecule has 5 heteroatoms. The van der Waals surface area contributed by atoms with Crippen molar-refractivity contribution in [3.05, 3.63) is 33.9 Å². The van der Waals surface area contributed by atoms with E-state index in [1.807, 2.05) is 6.07 Å². The molecule has 0 saturated heterocycles. The average molecular weight is 194 g/mol. The van der Waals surface area contributed by atoms with Crippen molar-refractivity contribution < 1.29 is 4.92 Å². The van der Waals surface area contributed by atoms with Gasteiger partial charge in [-0.1, -0.05) is 23.9 Å². The van der Waals surface area contributed by atoms with E-state index in [2.05, 4.69) is 4.99 Å². The zero-order valence-corrected chi connectivity index (χ0v) is 7.45. The van der Waals surface area contributed by atoms with Crippen LogP contribution in [-0.4, -0.2) is 10.5 Å². The van der Waals surface area contributed by atoms with Gasteiger partial charge < -0.3 is 0 Å². The van der Waals surface area contributed by atoms with E-state index in [1.165, 1.54) is 17.8 Å². The molecule has 0 amide bonds. The summed E-state index contributed by atoms with van der Waals surface area (Å²) in [4.78, 5) is 15.0. The fraction of sp³-hybridized carbons (Fsp3) is 0.125. The summed E-state index contributed by atoms with van der Waals surface area (Å²) in [5.74, 6) is 0. The Morgan fingerprint density at radius 1 is 1.54 bits per heavy atom. The SMILES string of the molecule is O=[N+]([O-])c1cccc2c1SC=NC2. The molecular formula is C8H6N2O2S. The second-order valence-electron chi connectivity index (χ2n) is 2.59. The number of rotatable bonds is 1. The van der Waals surface area contributed by atoms with Crippen molar-refractivity contribution in [2.75, 3.05) is 0 Å². The third-order valence-corrected chi connectivity index (χ3v) is 2.74. The van der Waals surface area contributed by atoms with E-state index < -0.39 is 0 Å². The Kier molecular flexibility index (Phi) is 2.02. The highest BCUT2D eigenvalue weighted by atomic mass is 32.2. The Morgan fingerprint density at radius 2 is 2.38 bits per heavy atom. The van der Waals surface area contributed by atoms with E-state index in [0.29, 0.717) is 6.54 Å². The van der Waals surface area contributed by atoms with Crippen LogP contribution in [0, 0.1) is 10.1 Å². The highest BCUT2D eigenvalue weighted by molar-refractivity contribution is 8.12. The maximum absolute atomic E-state index is 10.6. The summed E-state index contributed by atoms with van der Waals surface area (Å²) in [5, 5.41) is 10.6. The van der Waals surface area contributed by atoms with Crippen LogP contribution in [0.2, 0.25) is 0 Å². The molecule has 1 aromatic carbocycles. The molecule has 0 aliphatic carbocycles. The van der Waals surface area contributed by atoms with Crippen LogP contribution in [0.1, 0.15) is 5.56 Å². The zero-order valence-electron chi connectivity index (χ0n) is 6.64. The van der Waals surface area contributed by atoms with Crippen LogP contribution in [0.3, 0.4) is 0 Å². The molecule has 2 rings (SSSR count). The minimum absolute atomic E-state index is 0.175. The molecule has 1 aliphatic heterocycles. The Balaban J connectivity index is 2.55. The van der Waals surface area contributed by atoms with Crippen LogP contribution >= 0.6 is 11.8 Å². The van der Waals surface area contributed by atoms with Gasteiger partial charge in [0.2, 0.25) is 0 Å². The number of nitro groups is 1. The van der Waals surface area contributed by atoms with Crippen LogP contribution in [0.25, 0.3) is 0 Å². The molecule has 0 N–H and O–H groups in total. The Labute approximate surface area is 78.8 Å². The van der Waals surface area contributed by atoms with Crippen molar-refractivity contribution in [2.24, 2.45) is 4.99 Å². The molecule has 0 radical (unpaired) electrons. The van der Waals surface area contributed by atoms with Gasteiger partial charge in [-0.25, -0.2) is 0 Å². The summed E-state index contributed by atoms with van der Waals surface area (Å²) in [6.45, 7) is 0.546. The zero-order chi connectivity index (χ0) is 9.26. The number of nitro benzene ring substituents is 1. The maximum Gasteiger partial charge on any atom is 0.283 e. The van der Waals surface area contributed by atoms with Gasteiger partial charge in [-0.05, 0) is 5.56 Å². The molecule has 0 atom stereocenters. The maximum atomic E-state index is 10.6. The third kappa shape index (κ3) is 1.42. The molecule has 0 aromatic heterocycles. The van der Waals surface area contributed by atoms with Gasteiger partial charge >= 0.3 is 0 Å². The summed E-state index contributed by atoms with van der Waals surface area (Å²) in [6, 6.07) is 5.08. The minimum atomic E-state index is -0.356. The van der Waals surface area contributed by atoms with Gasteiger partial charge in [-0.3, -0.25) is 15.1 Å². The monoisotopic (exact) mass is 194 g/mol. The quantitative estimate of drug-likeness (QED) is 0.508. The van der Waals surface area contributed by atoms with Gasteiger partial charge in [0.05, 0.1) is 21.9 Å². The first-order chi connectivity index (χ1) is 6.29. The first-order valence-electron chi connectivity index (χ1n) is 3.70. The lowest BCUT2D eigenvalue weighted by molar-refractivity contribution is -0.387. The van der Waals surface area contributed by atoms with Crippen molar-refractivity contribution >= 4 is 23.0 Å². The van der Waals surface area contributed by atoms with Crippen molar-refractivity contribution in [1.29, 1.82) is 0 Å². The van der Waals surface area contributed by atoms with Gasteiger partial charge in [0, 0.05) is 6.07 Å². The number of nitrogens with zero attached hydrogens (tertiary/aromatic N) is 2. The summed E-state index contributed by atoms with van der Waals surface area (Å²) in [7, 11) is 0. The molecule has 66 valence electrons. The smallest absolute Gasteiger partial charge is 0.281 e. The number of hydrogen-bond acceptors (Lipinski definition) is 4. The number of fused-ring (bicyclic) bond motifs is 1. The first kappa shape index (κ1) is 8.25. The second-order valence-corrected chi connectivity index (χ2v) is 3.44. The summed E-state index contributed by atoms with van der Waals surface area (Å²) in [5.41, 5.74) is 2.75. The van der Waals surface area contributed by atoms with E-state index in [0.717, 1.165) is 10.5 Å². The first-order valence-corrected chi connectivity index (χ1v) is 4.58. The summed E-state index contributed by atoms with van der Waals surface area (Å²) < 4.78 is 0. The van der Waals surface area contributed by atoms with Crippen molar-refractivity contribution in [3.63, 3.8) is 0 Å². The molecule has 0 bridgehead atoms. The number of thioether (sulfide) groups is 1. The van der Waals surface area contributed by atoms with E-state index in [1.54, 1.807) is 11.6 Å². The molecule has 0 fully saturated rings. The number of aliphatic imine (C=N–C) groups is 1. The molecule has 0 unspecified atom stereocenters. The van der Waals surface area contributed by atoms with Gasteiger partial charge in [-0.15, -0.1) is 0 Å². The molecule has 13 heavy (non-hydrogen) atoms. The largest absolute Gasteiger partial charge is 0.283 e. The molecule has 0 spiro atoms. The minimum Gasteiger partial charge on any atom is -0.281 e. The van der Waals surface area contributed by atoms with Crippen LogP contribution in [0.4, 0.5) is 5.69 Å². The van der Waals surface area contributed by atoms with Gasteiger partial charge in [-0.2, -0.15) is 0 Å². The average Bonchev–Trinajstić information content (AvgIpc) is 2.17. The van der Waals surface area contributed by atoms with Crippen molar-refractivity contribution in [3.8, 4) is 0 Å². The highest BCUT2D eigenvalue weighted by Gasteiger charge is 2.18. The predicted molar refractivity (Wildman–Crippen MR) is 51.1 cm³/mol. The van der Waals surface area contributed by atoms with E-state index in [9.17, 15) is 10.1 Å².